The van der Waals surface area contributed by atoms with Crippen molar-refractivity contribution in [2.45, 2.75) is 26.4 Å². The van der Waals surface area contributed by atoms with E-state index in [-0.39, 0.29) is 13.0 Å². The molecule has 1 aromatic carbocycles. The second-order valence-electron chi connectivity index (χ2n) is 3.39. The third-order valence-electron chi connectivity index (χ3n) is 1.90. The molecule has 0 aliphatic rings. The van der Waals surface area contributed by atoms with E-state index in [1.54, 1.807) is 0 Å². The van der Waals surface area contributed by atoms with Crippen molar-refractivity contribution >= 4 is 12.1 Å². The van der Waals surface area contributed by atoms with E-state index in [4.69, 9.17) is 4.84 Å². The Morgan fingerprint density at radius 2 is 1.94 bits per heavy atom. The maximum absolute atomic E-state index is 11.0. The SMILES string of the molecule is CCCC(=O)OC(=O)NOCc1ccccc1. The van der Waals surface area contributed by atoms with Crippen molar-refractivity contribution in [3.05, 3.63) is 35.9 Å². The largest absolute Gasteiger partial charge is 0.439 e. The van der Waals surface area contributed by atoms with Crippen LogP contribution in [0.15, 0.2) is 30.3 Å². The molecule has 0 radical (unpaired) electrons. The van der Waals surface area contributed by atoms with Crippen molar-refractivity contribution in [3.63, 3.8) is 0 Å². The Morgan fingerprint density at radius 1 is 1.24 bits per heavy atom. The molecule has 1 rings (SSSR count). The topological polar surface area (TPSA) is 64.6 Å². The van der Waals surface area contributed by atoms with Gasteiger partial charge in [0.1, 0.15) is 0 Å². The molecule has 0 saturated heterocycles. The molecule has 5 heteroatoms. The van der Waals surface area contributed by atoms with Crippen LogP contribution in [-0.4, -0.2) is 12.1 Å². The van der Waals surface area contributed by atoms with Crippen LogP contribution in [0.1, 0.15) is 25.3 Å². The van der Waals surface area contributed by atoms with E-state index in [0.29, 0.717) is 6.42 Å². The van der Waals surface area contributed by atoms with Crippen LogP contribution in [0.4, 0.5) is 4.79 Å². The number of carbonyl (C=O) groups is 2. The molecule has 0 aliphatic heterocycles. The van der Waals surface area contributed by atoms with Gasteiger partial charge in [0.15, 0.2) is 0 Å². The van der Waals surface area contributed by atoms with E-state index in [2.05, 4.69) is 4.74 Å². The predicted octanol–water partition coefficient (Wildman–Crippen LogP) is 2.17. The number of amides is 1. The first-order valence-electron chi connectivity index (χ1n) is 5.38. The number of ether oxygens (including phenoxy) is 1. The molecule has 0 bridgehead atoms. The summed E-state index contributed by atoms with van der Waals surface area (Å²) >= 11 is 0. The molecule has 0 aliphatic carbocycles. The molecule has 0 heterocycles. The second-order valence-corrected chi connectivity index (χ2v) is 3.39. The van der Waals surface area contributed by atoms with Gasteiger partial charge in [0.25, 0.3) is 0 Å². The summed E-state index contributed by atoms with van der Waals surface area (Å²) in [5, 5.41) is 0. The highest BCUT2D eigenvalue weighted by atomic mass is 16.7. The minimum atomic E-state index is -0.889. The first-order valence-corrected chi connectivity index (χ1v) is 5.38. The normalized spacial score (nSPS) is 9.71. The molecule has 17 heavy (non-hydrogen) atoms. The molecule has 1 aromatic rings. The second kappa shape index (κ2) is 7.40. The van der Waals surface area contributed by atoms with Crippen molar-refractivity contribution in [3.8, 4) is 0 Å². The fourth-order valence-electron chi connectivity index (χ4n) is 1.13. The minimum absolute atomic E-state index is 0.214. The average Bonchev–Trinajstić information content (AvgIpc) is 2.30. The van der Waals surface area contributed by atoms with Gasteiger partial charge in [-0.2, -0.15) is 5.48 Å². The molecule has 1 amide bonds. The smallest absolute Gasteiger partial charge is 0.375 e. The van der Waals surface area contributed by atoms with Crippen molar-refractivity contribution < 1.29 is 19.2 Å². The highest BCUT2D eigenvalue weighted by Gasteiger charge is 2.08. The summed E-state index contributed by atoms with van der Waals surface area (Å²) in [6, 6.07) is 9.32. The summed E-state index contributed by atoms with van der Waals surface area (Å²) < 4.78 is 4.41. The molecule has 0 fully saturated rings. The van der Waals surface area contributed by atoms with E-state index in [0.717, 1.165) is 5.56 Å². The van der Waals surface area contributed by atoms with Crippen molar-refractivity contribution in [2.75, 3.05) is 0 Å². The standard InChI is InChI=1S/C12H15NO4/c1-2-6-11(14)17-12(15)13-16-9-10-7-4-3-5-8-10/h3-5,7-8H,2,6,9H2,1H3,(H,13,15). The van der Waals surface area contributed by atoms with Gasteiger partial charge < -0.3 is 4.74 Å². The van der Waals surface area contributed by atoms with E-state index >= 15 is 0 Å². The van der Waals surface area contributed by atoms with Crippen LogP contribution in [0, 0.1) is 0 Å². The molecule has 1 N–H and O–H groups in total. The van der Waals surface area contributed by atoms with Gasteiger partial charge in [0.05, 0.1) is 6.61 Å². The monoisotopic (exact) mass is 237 g/mol. The minimum Gasteiger partial charge on any atom is -0.375 e. The fourth-order valence-corrected chi connectivity index (χ4v) is 1.13. The van der Waals surface area contributed by atoms with Crippen molar-refractivity contribution in [2.24, 2.45) is 0 Å². The summed E-state index contributed by atoms with van der Waals surface area (Å²) in [4.78, 5) is 26.9. The van der Waals surface area contributed by atoms with E-state index in [1.165, 1.54) is 0 Å². The molecule has 5 nitrogen and oxygen atoms in total. The average molecular weight is 237 g/mol. The molecule has 0 atom stereocenters. The molecular formula is C12H15NO4. The van der Waals surface area contributed by atoms with Gasteiger partial charge in [-0.05, 0) is 12.0 Å². The fraction of sp³-hybridized carbons (Fsp3) is 0.333. The lowest BCUT2D eigenvalue weighted by molar-refractivity contribution is -0.138. The third kappa shape index (κ3) is 5.67. The molecule has 0 aromatic heterocycles. The summed E-state index contributed by atoms with van der Waals surface area (Å²) in [7, 11) is 0. The van der Waals surface area contributed by atoms with E-state index < -0.39 is 12.1 Å². The van der Waals surface area contributed by atoms with Crippen LogP contribution in [-0.2, 0) is 21.0 Å². The Hall–Kier alpha value is -1.88. The lowest BCUT2D eigenvalue weighted by atomic mass is 10.2. The highest BCUT2D eigenvalue weighted by molar-refractivity contribution is 5.83. The van der Waals surface area contributed by atoms with Crippen molar-refractivity contribution in [1.29, 1.82) is 0 Å². The van der Waals surface area contributed by atoms with Crippen molar-refractivity contribution in [1.82, 2.24) is 5.48 Å². The summed E-state index contributed by atoms with van der Waals surface area (Å²) in [5.74, 6) is -0.562. The molecule has 92 valence electrons. The maximum atomic E-state index is 11.0. The maximum Gasteiger partial charge on any atom is 0.439 e. The number of nitrogens with one attached hydrogen (secondary N) is 1. The Kier molecular flexibility index (Phi) is 5.74. The van der Waals surface area contributed by atoms with Crippen LogP contribution in [0.3, 0.4) is 0 Å². The number of rotatable bonds is 5. The Morgan fingerprint density at radius 3 is 2.59 bits per heavy atom. The quantitative estimate of drug-likeness (QED) is 0.484. The molecule has 0 saturated carbocycles. The molecule has 0 spiro atoms. The predicted molar refractivity (Wildman–Crippen MR) is 60.8 cm³/mol. The Bertz CT molecular complexity index is 364. The van der Waals surface area contributed by atoms with Crippen LogP contribution in [0.25, 0.3) is 0 Å². The summed E-state index contributed by atoms with van der Waals surface area (Å²) in [5.41, 5.74) is 2.95. The number of hydroxylamine groups is 1. The lowest BCUT2D eigenvalue weighted by Crippen LogP contribution is -2.26. The van der Waals surface area contributed by atoms with Crippen LogP contribution in [0.2, 0.25) is 0 Å². The van der Waals surface area contributed by atoms with Gasteiger partial charge in [-0.3, -0.25) is 9.63 Å². The van der Waals surface area contributed by atoms with Gasteiger partial charge in [-0.25, -0.2) is 4.79 Å². The first kappa shape index (κ1) is 13.2. The van der Waals surface area contributed by atoms with Crippen LogP contribution < -0.4 is 5.48 Å². The van der Waals surface area contributed by atoms with E-state index in [1.807, 2.05) is 42.7 Å². The third-order valence-corrected chi connectivity index (χ3v) is 1.90. The summed E-state index contributed by atoms with van der Waals surface area (Å²) in [6.45, 7) is 2.04. The Balaban J connectivity index is 2.18. The van der Waals surface area contributed by atoms with Gasteiger partial charge in [0.2, 0.25) is 0 Å². The lowest BCUT2D eigenvalue weighted by Gasteiger charge is -2.05. The van der Waals surface area contributed by atoms with Gasteiger partial charge in [0, 0.05) is 6.42 Å². The van der Waals surface area contributed by atoms with Crippen LogP contribution in [0.5, 0.6) is 0 Å². The summed E-state index contributed by atoms with van der Waals surface area (Å²) in [6.07, 6.45) is -0.0392. The number of esters is 1. The van der Waals surface area contributed by atoms with Gasteiger partial charge in [-0.1, -0.05) is 37.3 Å². The highest BCUT2D eigenvalue weighted by Crippen LogP contribution is 1.99. The Labute approximate surface area is 99.7 Å². The number of benzene rings is 1. The molecule has 0 unspecified atom stereocenters. The number of carbonyl (C=O) groups excluding carboxylic acids is 2. The van der Waals surface area contributed by atoms with Gasteiger partial charge >= 0.3 is 12.1 Å². The van der Waals surface area contributed by atoms with Gasteiger partial charge in [-0.15, -0.1) is 0 Å². The number of hydrogen-bond acceptors (Lipinski definition) is 4. The zero-order chi connectivity index (χ0) is 12.5. The zero-order valence-electron chi connectivity index (χ0n) is 9.64. The number of hydrogen-bond donors (Lipinski definition) is 1. The molecular weight excluding hydrogens is 222 g/mol. The first-order chi connectivity index (χ1) is 8.22. The van der Waals surface area contributed by atoms with Crippen LogP contribution >= 0.6 is 0 Å². The zero-order valence-corrected chi connectivity index (χ0v) is 9.64. The van der Waals surface area contributed by atoms with E-state index in [9.17, 15) is 9.59 Å².